The van der Waals surface area contributed by atoms with Gasteiger partial charge in [-0.1, -0.05) is 0 Å². The lowest BCUT2D eigenvalue weighted by Gasteiger charge is -2.47. The second kappa shape index (κ2) is 3.58. The highest BCUT2D eigenvalue weighted by Crippen LogP contribution is 2.40. The van der Waals surface area contributed by atoms with Crippen LogP contribution in [0.25, 0.3) is 0 Å². The number of nitrogens with zero attached hydrogens (tertiary/aromatic N) is 2. The average Bonchev–Trinajstić information content (AvgIpc) is 2.29. The standard InChI is InChI=1S/C8H13F2IN2/c9-7(10)3-12-4-8(5-12)1-2-13(11)6-8/h7H,1-6H2. The van der Waals surface area contributed by atoms with Crippen molar-refractivity contribution in [1.29, 1.82) is 0 Å². The number of alkyl halides is 2. The summed E-state index contributed by atoms with van der Waals surface area (Å²) in [5.41, 5.74) is 0.357. The summed E-state index contributed by atoms with van der Waals surface area (Å²) in [6.07, 6.45) is -0.996. The van der Waals surface area contributed by atoms with Gasteiger partial charge in [0.05, 0.1) is 6.54 Å². The van der Waals surface area contributed by atoms with Gasteiger partial charge in [0.2, 0.25) is 0 Å². The van der Waals surface area contributed by atoms with Crippen LogP contribution in [-0.4, -0.2) is 47.2 Å². The van der Waals surface area contributed by atoms with Gasteiger partial charge in [-0.15, -0.1) is 0 Å². The lowest BCUT2D eigenvalue weighted by atomic mass is 9.79. The number of likely N-dealkylation sites (tertiary alicyclic amines) is 1. The minimum atomic E-state index is -2.17. The Morgan fingerprint density at radius 2 is 2.00 bits per heavy atom. The highest BCUT2D eigenvalue weighted by Gasteiger charge is 2.47. The fraction of sp³-hybridized carbons (Fsp3) is 1.00. The van der Waals surface area contributed by atoms with Crippen molar-refractivity contribution in [3.8, 4) is 0 Å². The second-order valence-corrected chi connectivity index (χ2v) is 5.52. The first-order chi connectivity index (χ1) is 6.10. The van der Waals surface area contributed by atoms with Gasteiger partial charge in [0.1, 0.15) is 0 Å². The minimum Gasteiger partial charge on any atom is -0.296 e. The van der Waals surface area contributed by atoms with Crippen molar-refractivity contribution in [3.63, 3.8) is 0 Å². The zero-order valence-corrected chi connectivity index (χ0v) is 9.51. The van der Waals surface area contributed by atoms with Crippen LogP contribution in [0.4, 0.5) is 8.78 Å². The van der Waals surface area contributed by atoms with Crippen LogP contribution < -0.4 is 0 Å². The number of hydrogen-bond acceptors (Lipinski definition) is 2. The van der Waals surface area contributed by atoms with Crippen LogP contribution in [0.3, 0.4) is 0 Å². The first-order valence-corrected chi connectivity index (χ1v) is 5.47. The number of hydrogen-bond donors (Lipinski definition) is 0. The molecule has 0 aliphatic carbocycles. The molecule has 2 aliphatic rings. The fourth-order valence-electron chi connectivity index (χ4n) is 2.37. The minimum absolute atomic E-state index is 0.0387. The van der Waals surface area contributed by atoms with Crippen LogP contribution in [0.2, 0.25) is 0 Å². The molecule has 76 valence electrons. The van der Waals surface area contributed by atoms with Crippen LogP contribution in [0.5, 0.6) is 0 Å². The van der Waals surface area contributed by atoms with E-state index in [0.717, 1.165) is 26.2 Å². The molecule has 0 aromatic carbocycles. The third kappa shape index (κ3) is 2.12. The van der Waals surface area contributed by atoms with Crippen molar-refractivity contribution in [3.05, 3.63) is 0 Å². The van der Waals surface area contributed by atoms with E-state index in [0.29, 0.717) is 5.41 Å². The second-order valence-electron chi connectivity index (χ2n) is 4.16. The smallest absolute Gasteiger partial charge is 0.251 e. The van der Waals surface area contributed by atoms with E-state index in [-0.39, 0.29) is 6.54 Å². The molecule has 1 spiro atoms. The maximum absolute atomic E-state index is 12.0. The fourth-order valence-corrected chi connectivity index (χ4v) is 3.33. The van der Waals surface area contributed by atoms with E-state index in [2.05, 4.69) is 26.0 Å². The van der Waals surface area contributed by atoms with Gasteiger partial charge in [-0.2, -0.15) is 0 Å². The molecule has 0 atom stereocenters. The molecule has 13 heavy (non-hydrogen) atoms. The Hall–Kier alpha value is 0.510. The highest BCUT2D eigenvalue weighted by molar-refractivity contribution is 14.1. The lowest BCUT2D eigenvalue weighted by molar-refractivity contribution is -0.0262. The lowest BCUT2D eigenvalue weighted by Crippen LogP contribution is -2.58. The van der Waals surface area contributed by atoms with E-state index in [4.69, 9.17) is 0 Å². The zero-order chi connectivity index (χ0) is 9.47. The van der Waals surface area contributed by atoms with Crippen LogP contribution >= 0.6 is 22.9 Å². The Balaban J connectivity index is 1.77. The van der Waals surface area contributed by atoms with Crippen molar-refractivity contribution in [2.75, 3.05) is 32.7 Å². The molecule has 0 unspecified atom stereocenters. The summed E-state index contributed by atoms with van der Waals surface area (Å²) in [5.74, 6) is 0. The van der Waals surface area contributed by atoms with E-state index < -0.39 is 6.43 Å². The van der Waals surface area contributed by atoms with E-state index in [1.165, 1.54) is 6.42 Å². The molecule has 5 heteroatoms. The Kier molecular flexibility index (Phi) is 2.77. The SMILES string of the molecule is FC(F)CN1CC2(CCN(I)C2)C1. The van der Waals surface area contributed by atoms with Crippen LogP contribution in [0.15, 0.2) is 0 Å². The van der Waals surface area contributed by atoms with Gasteiger partial charge in [0, 0.05) is 54.5 Å². The van der Waals surface area contributed by atoms with E-state index in [1.54, 1.807) is 0 Å². The first kappa shape index (κ1) is 10.0. The van der Waals surface area contributed by atoms with E-state index in [1.807, 2.05) is 4.90 Å². The Labute approximate surface area is 90.8 Å². The summed E-state index contributed by atoms with van der Waals surface area (Å²) in [4.78, 5) is 1.86. The van der Waals surface area contributed by atoms with Gasteiger partial charge in [-0.05, 0) is 6.42 Å². The predicted molar refractivity (Wildman–Crippen MR) is 55.1 cm³/mol. The molecule has 2 saturated heterocycles. The van der Waals surface area contributed by atoms with Crippen molar-refractivity contribution in [1.82, 2.24) is 8.01 Å². The van der Waals surface area contributed by atoms with Crippen molar-refractivity contribution >= 4 is 22.9 Å². The van der Waals surface area contributed by atoms with Crippen LogP contribution in [0.1, 0.15) is 6.42 Å². The summed E-state index contributed by atoms with van der Waals surface area (Å²) in [6.45, 7) is 3.90. The molecule has 2 aliphatic heterocycles. The zero-order valence-electron chi connectivity index (χ0n) is 7.35. The highest BCUT2D eigenvalue weighted by atomic mass is 127. The van der Waals surface area contributed by atoms with Crippen molar-refractivity contribution in [2.45, 2.75) is 12.8 Å². The third-order valence-electron chi connectivity index (χ3n) is 2.91. The number of halogens is 3. The Morgan fingerprint density at radius 3 is 2.46 bits per heavy atom. The molecular formula is C8H13F2IN2. The normalized spacial score (nSPS) is 28.6. The molecule has 0 N–H and O–H groups in total. The van der Waals surface area contributed by atoms with Gasteiger partial charge >= 0.3 is 0 Å². The molecule has 2 heterocycles. The van der Waals surface area contributed by atoms with Gasteiger partial charge in [-0.25, -0.2) is 11.9 Å². The molecule has 2 fully saturated rings. The summed E-state index contributed by atoms with van der Waals surface area (Å²) >= 11 is 2.31. The van der Waals surface area contributed by atoms with Crippen molar-refractivity contribution < 1.29 is 8.78 Å². The Morgan fingerprint density at radius 1 is 1.31 bits per heavy atom. The van der Waals surface area contributed by atoms with Gasteiger partial charge < -0.3 is 0 Å². The van der Waals surface area contributed by atoms with E-state index in [9.17, 15) is 8.78 Å². The van der Waals surface area contributed by atoms with E-state index >= 15 is 0 Å². The third-order valence-corrected chi connectivity index (χ3v) is 3.73. The summed E-state index contributed by atoms with van der Waals surface area (Å²) in [5, 5.41) is 0. The largest absolute Gasteiger partial charge is 0.296 e. The molecule has 0 bridgehead atoms. The van der Waals surface area contributed by atoms with Gasteiger partial charge in [0.25, 0.3) is 6.43 Å². The summed E-state index contributed by atoms with van der Waals surface area (Å²) < 4.78 is 26.3. The van der Waals surface area contributed by atoms with Crippen LogP contribution in [0, 0.1) is 5.41 Å². The molecule has 2 nitrogen and oxygen atoms in total. The predicted octanol–water partition coefficient (Wildman–Crippen LogP) is 1.61. The monoisotopic (exact) mass is 302 g/mol. The summed E-state index contributed by atoms with van der Waals surface area (Å²) in [6, 6.07) is 0. The average molecular weight is 302 g/mol. The molecule has 2 rings (SSSR count). The van der Waals surface area contributed by atoms with Gasteiger partial charge in [-0.3, -0.25) is 4.90 Å². The molecule has 0 aromatic heterocycles. The molecular weight excluding hydrogens is 289 g/mol. The summed E-state index contributed by atoms with van der Waals surface area (Å²) in [7, 11) is 0. The molecule has 0 amide bonds. The molecule has 0 radical (unpaired) electrons. The topological polar surface area (TPSA) is 6.48 Å². The number of rotatable bonds is 2. The maximum atomic E-state index is 12.0. The van der Waals surface area contributed by atoms with Crippen LogP contribution in [-0.2, 0) is 0 Å². The van der Waals surface area contributed by atoms with Crippen molar-refractivity contribution in [2.24, 2.45) is 5.41 Å². The maximum Gasteiger partial charge on any atom is 0.251 e. The Bertz CT molecular complexity index is 195. The quantitative estimate of drug-likeness (QED) is 0.565. The first-order valence-electron chi connectivity index (χ1n) is 4.51. The molecule has 0 aromatic rings. The molecule has 0 saturated carbocycles. The van der Waals surface area contributed by atoms with Gasteiger partial charge in [0.15, 0.2) is 0 Å².